The standard InChI is InChI=1S/C20H17Cl2NO5/c1-27-19(25)13-3-5-15(6-4-13)23-10-14(9-18(23)24)20(26)28-11-12-2-7-16(21)17(22)8-12/h2-8,14H,9-11H2,1H3/t14-/m1/s1. The van der Waals surface area contributed by atoms with Crippen molar-refractivity contribution in [2.45, 2.75) is 13.0 Å². The second-order valence-electron chi connectivity index (χ2n) is 6.30. The van der Waals surface area contributed by atoms with Crippen LogP contribution in [-0.4, -0.2) is 31.5 Å². The average Bonchev–Trinajstić information content (AvgIpc) is 3.10. The van der Waals surface area contributed by atoms with Crippen molar-refractivity contribution in [3.05, 3.63) is 63.6 Å². The number of nitrogens with zero attached hydrogens (tertiary/aromatic N) is 1. The summed E-state index contributed by atoms with van der Waals surface area (Å²) in [6.45, 7) is 0.269. The number of anilines is 1. The van der Waals surface area contributed by atoms with E-state index in [1.54, 1.807) is 42.5 Å². The molecule has 2 aromatic rings. The van der Waals surface area contributed by atoms with Gasteiger partial charge in [-0.15, -0.1) is 0 Å². The summed E-state index contributed by atoms with van der Waals surface area (Å²) in [5.74, 6) is -1.64. The molecule has 6 nitrogen and oxygen atoms in total. The maximum Gasteiger partial charge on any atom is 0.337 e. The Morgan fingerprint density at radius 3 is 2.46 bits per heavy atom. The van der Waals surface area contributed by atoms with E-state index < -0.39 is 17.9 Å². The quantitative estimate of drug-likeness (QED) is 0.684. The minimum atomic E-state index is -0.560. The number of esters is 2. The molecule has 0 aliphatic carbocycles. The molecule has 1 atom stereocenters. The number of methoxy groups -OCH3 is 1. The van der Waals surface area contributed by atoms with Crippen molar-refractivity contribution in [3.8, 4) is 0 Å². The summed E-state index contributed by atoms with van der Waals surface area (Å²) >= 11 is 11.8. The first-order valence-corrected chi connectivity index (χ1v) is 9.24. The molecule has 0 aromatic heterocycles. The van der Waals surface area contributed by atoms with Crippen LogP contribution in [0.5, 0.6) is 0 Å². The van der Waals surface area contributed by atoms with Crippen molar-refractivity contribution in [1.82, 2.24) is 0 Å². The fourth-order valence-electron chi connectivity index (χ4n) is 2.91. The molecule has 0 N–H and O–H groups in total. The zero-order valence-electron chi connectivity index (χ0n) is 15.0. The molecule has 0 unspecified atom stereocenters. The molecule has 28 heavy (non-hydrogen) atoms. The van der Waals surface area contributed by atoms with Gasteiger partial charge in [0.15, 0.2) is 0 Å². The Morgan fingerprint density at radius 1 is 1.11 bits per heavy atom. The number of amides is 1. The summed E-state index contributed by atoms with van der Waals surface area (Å²) in [7, 11) is 1.30. The molecule has 0 bridgehead atoms. The van der Waals surface area contributed by atoms with Crippen LogP contribution < -0.4 is 4.90 Å². The molecule has 3 rings (SSSR count). The lowest BCUT2D eigenvalue weighted by molar-refractivity contribution is -0.149. The van der Waals surface area contributed by atoms with Gasteiger partial charge in [-0.3, -0.25) is 9.59 Å². The second kappa shape index (κ2) is 8.63. The number of ether oxygens (including phenoxy) is 2. The van der Waals surface area contributed by atoms with Crippen molar-refractivity contribution in [3.63, 3.8) is 0 Å². The maximum atomic E-state index is 12.4. The fraction of sp³-hybridized carbons (Fsp3) is 0.250. The Morgan fingerprint density at radius 2 is 1.82 bits per heavy atom. The lowest BCUT2D eigenvalue weighted by Gasteiger charge is -2.17. The van der Waals surface area contributed by atoms with E-state index in [0.717, 1.165) is 0 Å². The van der Waals surface area contributed by atoms with Crippen LogP contribution in [0.25, 0.3) is 0 Å². The first kappa shape index (κ1) is 20.2. The first-order chi connectivity index (χ1) is 13.4. The largest absolute Gasteiger partial charge is 0.465 e. The number of hydrogen-bond donors (Lipinski definition) is 0. The zero-order chi connectivity index (χ0) is 20.3. The molecule has 1 fully saturated rings. The normalized spacial score (nSPS) is 16.2. The molecule has 1 aliphatic heterocycles. The van der Waals surface area contributed by atoms with E-state index in [4.69, 9.17) is 27.9 Å². The number of halogens is 2. The highest BCUT2D eigenvalue weighted by Gasteiger charge is 2.36. The molecule has 0 spiro atoms. The van der Waals surface area contributed by atoms with Crippen molar-refractivity contribution >= 4 is 46.7 Å². The van der Waals surface area contributed by atoms with Crippen molar-refractivity contribution in [2.75, 3.05) is 18.6 Å². The number of rotatable bonds is 5. The van der Waals surface area contributed by atoms with Gasteiger partial charge in [-0.1, -0.05) is 29.3 Å². The SMILES string of the molecule is COC(=O)c1ccc(N2C[C@H](C(=O)OCc3ccc(Cl)c(Cl)c3)CC2=O)cc1. The summed E-state index contributed by atoms with van der Waals surface area (Å²) < 4.78 is 9.98. The lowest BCUT2D eigenvalue weighted by Crippen LogP contribution is -2.26. The number of hydrogen-bond acceptors (Lipinski definition) is 5. The van der Waals surface area contributed by atoms with E-state index in [-0.39, 0.29) is 25.5 Å². The molecule has 1 amide bonds. The molecule has 1 saturated heterocycles. The van der Waals surface area contributed by atoms with Crippen LogP contribution in [0, 0.1) is 5.92 Å². The van der Waals surface area contributed by atoms with Crippen molar-refractivity contribution < 1.29 is 23.9 Å². The van der Waals surface area contributed by atoms with E-state index in [1.807, 2.05) is 0 Å². The van der Waals surface area contributed by atoms with Crippen LogP contribution in [0.4, 0.5) is 5.69 Å². The smallest absolute Gasteiger partial charge is 0.337 e. The summed E-state index contributed by atoms with van der Waals surface area (Å²) in [6, 6.07) is 11.4. The summed E-state index contributed by atoms with van der Waals surface area (Å²) in [5.41, 5.74) is 1.70. The Hall–Kier alpha value is -2.57. The molecule has 1 heterocycles. The highest BCUT2D eigenvalue weighted by Crippen LogP contribution is 2.27. The van der Waals surface area contributed by atoms with Gasteiger partial charge in [0.05, 0.1) is 28.6 Å². The molecule has 146 valence electrons. The maximum absolute atomic E-state index is 12.4. The van der Waals surface area contributed by atoms with Crippen molar-refractivity contribution in [1.29, 1.82) is 0 Å². The highest BCUT2D eigenvalue weighted by atomic mass is 35.5. The zero-order valence-corrected chi connectivity index (χ0v) is 16.5. The Bertz CT molecular complexity index is 913. The van der Waals surface area contributed by atoms with Crippen LogP contribution in [0.3, 0.4) is 0 Å². The fourth-order valence-corrected chi connectivity index (χ4v) is 3.23. The van der Waals surface area contributed by atoms with Crippen LogP contribution >= 0.6 is 23.2 Å². The van der Waals surface area contributed by atoms with E-state index in [1.165, 1.54) is 12.0 Å². The lowest BCUT2D eigenvalue weighted by atomic mass is 10.1. The molecule has 0 saturated carbocycles. The third-order valence-electron chi connectivity index (χ3n) is 4.42. The van der Waals surface area contributed by atoms with Crippen LogP contribution in [0.15, 0.2) is 42.5 Å². The highest BCUT2D eigenvalue weighted by molar-refractivity contribution is 6.42. The van der Waals surface area contributed by atoms with Crippen LogP contribution in [-0.2, 0) is 25.7 Å². The van der Waals surface area contributed by atoms with Crippen LogP contribution in [0.1, 0.15) is 22.3 Å². The van der Waals surface area contributed by atoms with E-state index in [9.17, 15) is 14.4 Å². The van der Waals surface area contributed by atoms with Gasteiger partial charge in [0, 0.05) is 18.7 Å². The summed E-state index contributed by atoms with van der Waals surface area (Å²) in [6.07, 6.45) is 0.0684. The topological polar surface area (TPSA) is 72.9 Å². The van der Waals surface area contributed by atoms with E-state index in [2.05, 4.69) is 4.74 Å². The molecule has 8 heteroatoms. The molecule has 1 aliphatic rings. The van der Waals surface area contributed by atoms with Crippen molar-refractivity contribution in [2.24, 2.45) is 5.92 Å². The third kappa shape index (κ3) is 4.46. The summed E-state index contributed by atoms with van der Waals surface area (Å²) in [4.78, 5) is 37.7. The van der Waals surface area contributed by atoms with E-state index in [0.29, 0.717) is 26.9 Å². The van der Waals surface area contributed by atoms with Gasteiger partial charge in [0.2, 0.25) is 5.91 Å². The van der Waals surface area contributed by atoms with Gasteiger partial charge < -0.3 is 14.4 Å². The molecule has 0 radical (unpaired) electrons. The predicted molar refractivity (Wildman–Crippen MR) is 104 cm³/mol. The third-order valence-corrected chi connectivity index (χ3v) is 5.16. The van der Waals surface area contributed by atoms with Gasteiger partial charge in [0.25, 0.3) is 0 Å². The minimum absolute atomic E-state index is 0.0498. The monoisotopic (exact) mass is 421 g/mol. The van der Waals surface area contributed by atoms with E-state index >= 15 is 0 Å². The number of carbonyl (C=O) groups excluding carboxylic acids is 3. The second-order valence-corrected chi connectivity index (χ2v) is 7.11. The number of carbonyl (C=O) groups is 3. The Labute approximate surface area is 171 Å². The van der Waals surface area contributed by atoms with Gasteiger partial charge in [0.1, 0.15) is 6.61 Å². The first-order valence-electron chi connectivity index (χ1n) is 8.48. The minimum Gasteiger partial charge on any atom is -0.465 e. The van der Waals surface area contributed by atoms with Gasteiger partial charge >= 0.3 is 11.9 Å². The molecule has 2 aromatic carbocycles. The summed E-state index contributed by atoms with van der Waals surface area (Å²) in [5, 5.41) is 0.805. The Balaban J connectivity index is 1.60. The molecular formula is C20H17Cl2NO5. The molecular weight excluding hydrogens is 405 g/mol. The predicted octanol–water partition coefficient (Wildman–Crippen LogP) is 3.88. The van der Waals surface area contributed by atoms with Gasteiger partial charge in [-0.2, -0.15) is 0 Å². The Kier molecular flexibility index (Phi) is 6.21. The van der Waals surface area contributed by atoms with Crippen LogP contribution in [0.2, 0.25) is 10.0 Å². The van der Waals surface area contributed by atoms with Gasteiger partial charge in [-0.05, 0) is 42.0 Å². The number of benzene rings is 2. The van der Waals surface area contributed by atoms with Gasteiger partial charge in [-0.25, -0.2) is 4.79 Å². The average molecular weight is 422 g/mol.